The van der Waals surface area contributed by atoms with Gasteiger partial charge in [-0.05, 0) is 0 Å². The second kappa shape index (κ2) is 2.72. The largest absolute Gasteiger partial charge is 0.436 e. The molecule has 6 nitrogen and oxygen atoms in total. The maximum atomic E-state index is 10.9. The number of carbonyl (C=O) groups is 2. The van der Waals surface area contributed by atoms with Gasteiger partial charge in [0, 0.05) is 0 Å². The van der Waals surface area contributed by atoms with Gasteiger partial charge in [0.15, 0.2) is 25.8 Å². The Morgan fingerprint density at radius 1 is 0.917 bits per heavy atom. The van der Waals surface area contributed by atoms with Crippen LogP contribution in [0, 0.1) is 0 Å². The number of cyclic esters (lactones) is 2. The molecule has 2 aliphatic rings. The van der Waals surface area contributed by atoms with E-state index < -0.39 is 24.1 Å². The van der Waals surface area contributed by atoms with Crippen LogP contribution < -0.4 is 0 Å². The summed E-state index contributed by atoms with van der Waals surface area (Å²) in [6.07, 6.45) is -1.92. The van der Waals surface area contributed by atoms with E-state index in [4.69, 9.17) is 9.47 Å². The second-order valence-electron chi connectivity index (χ2n) is 2.34. The van der Waals surface area contributed by atoms with Crippen LogP contribution in [0.2, 0.25) is 0 Å². The summed E-state index contributed by atoms with van der Waals surface area (Å²) in [5.74, 6) is -1.17. The highest BCUT2D eigenvalue weighted by Gasteiger charge is 2.44. The zero-order chi connectivity index (χ0) is 8.55. The molecular formula is C6H6O6. The summed E-state index contributed by atoms with van der Waals surface area (Å²) in [5.41, 5.74) is 0. The average molecular weight is 174 g/mol. The van der Waals surface area contributed by atoms with E-state index >= 15 is 0 Å². The van der Waals surface area contributed by atoms with Gasteiger partial charge in [0.1, 0.15) is 0 Å². The molecule has 0 saturated carbocycles. The molecule has 0 N–H and O–H groups in total. The summed E-state index contributed by atoms with van der Waals surface area (Å²) >= 11 is 0. The summed E-state index contributed by atoms with van der Waals surface area (Å²) in [6, 6.07) is 0. The number of rotatable bonds is 1. The molecule has 2 rings (SSSR count). The minimum absolute atomic E-state index is 0.128. The molecule has 0 spiro atoms. The van der Waals surface area contributed by atoms with E-state index in [1.807, 2.05) is 0 Å². The van der Waals surface area contributed by atoms with Crippen LogP contribution in [0.5, 0.6) is 0 Å². The Kier molecular flexibility index (Phi) is 1.70. The Hall–Kier alpha value is -1.14. The first-order valence-electron chi connectivity index (χ1n) is 3.35. The van der Waals surface area contributed by atoms with Crippen LogP contribution >= 0.6 is 0 Å². The summed E-state index contributed by atoms with van der Waals surface area (Å²) in [4.78, 5) is 21.7. The molecule has 2 atom stereocenters. The molecule has 2 unspecified atom stereocenters. The molecule has 6 heteroatoms. The van der Waals surface area contributed by atoms with Crippen molar-refractivity contribution in [2.24, 2.45) is 0 Å². The molecule has 12 heavy (non-hydrogen) atoms. The molecule has 0 radical (unpaired) electrons. The van der Waals surface area contributed by atoms with Crippen molar-refractivity contribution in [3.63, 3.8) is 0 Å². The molecule has 0 aliphatic carbocycles. The number of esters is 2. The van der Waals surface area contributed by atoms with Crippen molar-refractivity contribution in [3.05, 3.63) is 0 Å². The third kappa shape index (κ3) is 1.05. The minimum atomic E-state index is -0.958. The topological polar surface area (TPSA) is 71.1 Å². The van der Waals surface area contributed by atoms with Crippen molar-refractivity contribution >= 4 is 11.9 Å². The lowest BCUT2D eigenvalue weighted by Gasteiger charge is -2.07. The fourth-order valence-electron chi connectivity index (χ4n) is 1.05. The van der Waals surface area contributed by atoms with Gasteiger partial charge in [-0.25, -0.2) is 9.59 Å². The molecule has 0 aromatic heterocycles. The zero-order valence-electron chi connectivity index (χ0n) is 6.02. The van der Waals surface area contributed by atoms with E-state index in [2.05, 4.69) is 9.47 Å². The number of carbonyl (C=O) groups excluding carboxylic acids is 2. The van der Waals surface area contributed by atoms with E-state index in [1.54, 1.807) is 0 Å². The van der Waals surface area contributed by atoms with Gasteiger partial charge in [-0.3, -0.25) is 0 Å². The highest BCUT2D eigenvalue weighted by atomic mass is 16.8. The Labute approximate surface area is 67.3 Å². The fraction of sp³-hybridized carbons (Fsp3) is 0.667. The minimum Gasteiger partial charge on any atom is -0.436 e. The third-order valence-corrected chi connectivity index (χ3v) is 1.64. The summed E-state index contributed by atoms with van der Waals surface area (Å²) in [6.45, 7) is -0.257. The molecule has 2 fully saturated rings. The highest BCUT2D eigenvalue weighted by molar-refractivity contribution is 5.86. The normalized spacial score (nSPS) is 35.0. The first-order valence-corrected chi connectivity index (χ1v) is 3.35. The molecule has 2 heterocycles. The molecule has 2 saturated heterocycles. The zero-order valence-corrected chi connectivity index (χ0v) is 6.02. The quantitative estimate of drug-likeness (QED) is 0.464. The Morgan fingerprint density at radius 2 is 1.33 bits per heavy atom. The second-order valence-corrected chi connectivity index (χ2v) is 2.34. The van der Waals surface area contributed by atoms with Crippen LogP contribution in [0.25, 0.3) is 0 Å². The van der Waals surface area contributed by atoms with Gasteiger partial charge in [0.25, 0.3) is 0 Å². The standard InChI is InChI=1S/C6H6O6/c7-5-3(9-1-11-5)4-6(8)12-2-10-4/h3-4H,1-2H2. The van der Waals surface area contributed by atoms with Gasteiger partial charge in [-0.1, -0.05) is 0 Å². The maximum Gasteiger partial charge on any atom is 0.340 e. The fourth-order valence-corrected chi connectivity index (χ4v) is 1.05. The lowest BCUT2D eigenvalue weighted by Crippen LogP contribution is -2.36. The van der Waals surface area contributed by atoms with Crippen molar-refractivity contribution in [2.75, 3.05) is 13.6 Å². The van der Waals surface area contributed by atoms with Crippen molar-refractivity contribution in [3.8, 4) is 0 Å². The lowest BCUT2D eigenvalue weighted by molar-refractivity contribution is -0.147. The smallest absolute Gasteiger partial charge is 0.340 e. The maximum absolute atomic E-state index is 10.9. The number of hydrogen-bond donors (Lipinski definition) is 0. The summed E-state index contributed by atoms with van der Waals surface area (Å²) < 4.78 is 18.6. The third-order valence-electron chi connectivity index (χ3n) is 1.64. The van der Waals surface area contributed by atoms with Crippen molar-refractivity contribution < 1.29 is 28.5 Å². The van der Waals surface area contributed by atoms with Crippen LogP contribution in [-0.2, 0) is 28.5 Å². The van der Waals surface area contributed by atoms with Gasteiger partial charge in [0.05, 0.1) is 0 Å². The van der Waals surface area contributed by atoms with E-state index in [-0.39, 0.29) is 13.6 Å². The predicted molar refractivity (Wildman–Crippen MR) is 31.7 cm³/mol. The van der Waals surface area contributed by atoms with Crippen LogP contribution in [0.1, 0.15) is 0 Å². The monoisotopic (exact) mass is 174 g/mol. The number of hydrogen-bond acceptors (Lipinski definition) is 6. The molecule has 0 bridgehead atoms. The molecular weight excluding hydrogens is 168 g/mol. The molecule has 2 aliphatic heterocycles. The number of ether oxygens (including phenoxy) is 4. The van der Waals surface area contributed by atoms with Crippen LogP contribution in [0.15, 0.2) is 0 Å². The summed E-state index contributed by atoms with van der Waals surface area (Å²) in [7, 11) is 0. The van der Waals surface area contributed by atoms with Gasteiger partial charge in [-0.15, -0.1) is 0 Å². The average Bonchev–Trinajstić information content (AvgIpc) is 2.59. The van der Waals surface area contributed by atoms with Crippen LogP contribution in [-0.4, -0.2) is 37.7 Å². The SMILES string of the molecule is O=C1OCOC1C1OCOC1=O. The molecule has 0 aromatic carbocycles. The van der Waals surface area contributed by atoms with E-state index in [0.717, 1.165) is 0 Å². The van der Waals surface area contributed by atoms with Gasteiger partial charge >= 0.3 is 11.9 Å². The van der Waals surface area contributed by atoms with Gasteiger partial charge in [-0.2, -0.15) is 0 Å². The predicted octanol–water partition coefficient (Wildman–Crippen LogP) is -1.21. The van der Waals surface area contributed by atoms with E-state index in [1.165, 1.54) is 0 Å². The van der Waals surface area contributed by atoms with E-state index in [9.17, 15) is 9.59 Å². The molecule has 0 amide bonds. The Balaban J connectivity index is 2.08. The molecule has 0 aromatic rings. The first-order chi connectivity index (χ1) is 5.79. The van der Waals surface area contributed by atoms with E-state index in [0.29, 0.717) is 0 Å². The van der Waals surface area contributed by atoms with Crippen LogP contribution in [0.3, 0.4) is 0 Å². The Bertz CT molecular complexity index is 200. The van der Waals surface area contributed by atoms with Gasteiger partial charge in [0.2, 0.25) is 0 Å². The Morgan fingerprint density at radius 3 is 1.58 bits per heavy atom. The van der Waals surface area contributed by atoms with Gasteiger partial charge < -0.3 is 18.9 Å². The highest BCUT2D eigenvalue weighted by Crippen LogP contribution is 2.17. The first kappa shape index (κ1) is 7.51. The van der Waals surface area contributed by atoms with Crippen molar-refractivity contribution in [1.29, 1.82) is 0 Å². The van der Waals surface area contributed by atoms with Crippen LogP contribution in [0.4, 0.5) is 0 Å². The summed E-state index contributed by atoms with van der Waals surface area (Å²) in [5, 5.41) is 0. The molecule has 66 valence electrons. The van der Waals surface area contributed by atoms with Crippen molar-refractivity contribution in [1.82, 2.24) is 0 Å². The van der Waals surface area contributed by atoms with Crippen molar-refractivity contribution in [2.45, 2.75) is 12.2 Å². The lowest BCUT2D eigenvalue weighted by atomic mass is 10.2.